The van der Waals surface area contributed by atoms with Crippen LogP contribution < -0.4 is 5.32 Å². The Hall–Kier alpha value is -1.35. The van der Waals surface area contributed by atoms with Crippen LogP contribution in [0.25, 0.3) is 0 Å². The van der Waals surface area contributed by atoms with Gasteiger partial charge in [-0.3, -0.25) is 4.79 Å². The van der Waals surface area contributed by atoms with Crippen molar-refractivity contribution >= 4 is 5.91 Å². The van der Waals surface area contributed by atoms with E-state index in [0.29, 0.717) is 0 Å². The van der Waals surface area contributed by atoms with Gasteiger partial charge in [0.1, 0.15) is 0 Å². The number of aryl methyl sites for hydroxylation is 1. The minimum atomic E-state index is 0.0338. The van der Waals surface area contributed by atoms with Crippen molar-refractivity contribution in [1.82, 2.24) is 10.2 Å². The summed E-state index contributed by atoms with van der Waals surface area (Å²) in [5.74, 6) is 0.265. The molecule has 0 spiro atoms. The zero-order chi connectivity index (χ0) is 13.2. The van der Waals surface area contributed by atoms with E-state index in [0.717, 1.165) is 25.8 Å². The number of piperidine rings is 1. The van der Waals surface area contributed by atoms with Crippen LogP contribution in [0.4, 0.5) is 0 Å². The van der Waals surface area contributed by atoms with Crippen molar-refractivity contribution in [2.75, 3.05) is 13.6 Å². The van der Waals surface area contributed by atoms with Crippen molar-refractivity contribution in [2.24, 2.45) is 0 Å². The van der Waals surface area contributed by atoms with E-state index < -0.39 is 0 Å². The number of carbonyl (C=O) groups excluding carboxylic acids is 1. The van der Waals surface area contributed by atoms with E-state index in [9.17, 15) is 4.79 Å². The van der Waals surface area contributed by atoms with Crippen LogP contribution in [-0.2, 0) is 11.2 Å². The molecule has 1 amide bonds. The van der Waals surface area contributed by atoms with Gasteiger partial charge in [-0.15, -0.1) is 0 Å². The summed E-state index contributed by atoms with van der Waals surface area (Å²) in [6.45, 7) is 0.978. The molecule has 0 aromatic heterocycles. The number of fused-ring (bicyclic) bond motifs is 1. The van der Waals surface area contributed by atoms with Crippen molar-refractivity contribution in [3.05, 3.63) is 35.4 Å². The molecule has 1 saturated heterocycles. The summed E-state index contributed by atoms with van der Waals surface area (Å²) in [6, 6.07) is 8.83. The summed E-state index contributed by atoms with van der Waals surface area (Å²) in [4.78, 5) is 14.5. The first-order valence-corrected chi connectivity index (χ1v) is 7.35. The predicted octanol–water partition coefficient (Wildman–Crippen LogP) is 2.27. The fourth-order valence-electron chi connectivity index (χ4n) is 3.40. The normalized spacial score (nSPS) is 25.9. The predicted molar refractivity (Wildman–Crippen MR) is 75.9 cm³/mol. The van der Waals surface area contributed by atoms with Gasteiger partial charge < -0.3 is 10.2 Å². The van der Waals surface area contributed by atoms with E-state index >= 15 is 0 Å². The highest BCUT2D eigenvalue weighted by molar-refractivity contribution is 5.82. The maximum absolute atomic E-state index is 12.6. The number of hydrogen-bond acceptors (Lipinski definition) is 2. The molecule has 0 radical (unpaired) electrons. The molecular weight excluding hydrogens is 236 g/mol. The molecule has 1 heterocycles. The third kappa shape index (κ3) is 2.39. The fourth-order valence-corrected chi connectivity index (χ4v) is 3.40. The minimum absolute atomic E-state index is 0.0338. The molecule has 2 unspecified atom stereocenters. The van der Waals surface area contributed by atoms with Crippen LogP contribution in [0.1, 0.15) is 42.9 Å². The van der Waals surface area contributed by atoms with Crippen molar-refractivity contribution < 1.29 is 4.79 Å². The van der Waals surface area contributed by atoms with Gasteiger partial charge in [-0.05, 0) is 43.4 Å². The van der Waals surface area contributed by atoms with Crippen LogP contribution in [0.5, 0.6) is 0 Å². The van der Waals surface area contributed by atoms with E-state index in [1.165, 1.54) is 24.0 Å². The molecule has 1 aliphatic carbocycles. The lowest BCUT2D eigenvalue weighted by atomic mass is 10.0. The molecule has 0 saturated carbocycles. The second-order valence-corrected chi connectivity index (χ2v) is 5.70. The molecule has 1 aromatic carbocycles. The first-order valence-electron chi connectivity index (χ1n) is 7.35. The Morgan fingerprint density at radius 1 is 1.26 bits per heavy atom. The monoisotopic (exact) mass is 258 g/mol. The molecule has 3 rings (SSSR count). The van der Waals surface area contributed by atoms with Gasteiger partial charge in [-0.1, -0.05) is 30.7 Å². The molecule has 1 aromatic rings. The van der Waals surface area contributed by atoms with E-state index in [4.69, 9.17) is 0 Å². The molecule has 1 aliphatic heterocycles. The highest BCUT2D eigenvalue weighted by atomic mass is 16.2. The Labute approximate surface area is 115 Å². The number of amides is 1. The number of likely N-dealkylation sites (N-methyl/N-ethyl adjacent to an activating group) is 1. The molecule has 2 atom stereocenters. The summed E-state index contributed by atoms with van der Waals surface area (Å²) in [6.07, 6.45) is 5.50. The second kappa shape index (κ2) is 5.33. The largest absolute Gasteiger partial charge is 0.337 e. The lowest BCUT2D eigenvalue weighted by molar-refractivity contribution is -0.135. The van der Waals surface area contributed by atoms with Gasteiger partial charge in [0.15, 0.2) is 0 Å². The Kier molecular flexibility index (Phi) is 3.56. The number of carbonyl (C=O) groups is 1. The van der Waals surface area contributed by atoms with Gasteiger partial charge in [0.25, 0.3) is 0 Å². The van der Waals surface area contributed by atoms with E-state index in [-0.39, 0.29) is 18.0 Å². The Balaban J connectivity index is 1.74. The van der Waals surface area contributed by atoms with Crippen LogP contribution >= 0.6 is 0 Å². The summed E-state index contributed by atoms with van der Waals surface area (Å²) in [5, 5.41) is 3.36. The maximum atomic E-state index is 12.6. The van der Waals surface area contributed by atoms with Gasteiger partial charge in [0.05, 0.1) is 12.1 Å². The smallest absolute Gasteiger partial charge is 0.239 e. The first kappa shape index (κ1) is 12.7. The lowest BCUT2D eigenvalue weighted by Gasteiger charge is -2.31. The van der Waals surface area contributed by atoms with Gasteiger partial charge in [-0.25, -0.2) is 0 Å². The summed E-state index contributed by atoms with van der Waals surface area (Å²) < 4.78 is 0. The highest BCUT2D eigenvalue weighted by Crippen LogP contribution is 2.35. The van der Waals surface area contributed by atoms with Gasteiger partial charge >= 0.3 is 0 Å². The molecule has 1 N–H and O–H groups in total. The molecule has 2 aliphatic rings. The van der Waals surface area contributed by atoms with Crippen LogP contribution in [0, 0.1) is 0 Å². The lowest BCUT2D eigenvalue weighted by Crippen LogP contribution is -2.48. The van der Waals surface area contributed by atoms with Crippen LogP contribution in [0.3, 0.4) is 0 Å². The van der Waals surface area contributed by atoms with Crippen LogP contribution in [0.2, 0.25) is 0 Å². The molecule has 19 heavy (non-hydrogen) atoms. The van der Waals surface area contributed by atoms with Gasteiger partial charge in [0.2, 0.25) is 5.91 Å². The van der Waals surface area contributed by atoms with E-state index in [2.05, 4.69) is 29.6 Å². The van der Waals surface area contributed by atoms with Crippen LogP contribution in [-0.4, -0.2) is 30.4 Å². The van der Waals surface area contributed by atoms with Crippen LogP contribution in [0.15, 0.2) is 24.3 Å². The fraction of sp³-hybridized carbons (Fsp3) is 0.562. The number of hydrogen-bond donors (Lipinski definition) is 1. The number of nitrogens with one attached hydrogen (secondary N) is 1. The number of nitrogens with zero attached hydrogens (tertiary/aromatic N) is 1. The van der Waals surface area contributed by atoms with E-state index in [1.54, 1.807) is 0 Å². The second-order valence-electron chi connectivity index (χ2n) is 5.70. The average molecular weight is 258 g/mol. The van der Waals surface area contributed by atoms with Crippen molar-refractivity contribution in [3.63, 3.8) is 0 Å². The zero-order valence-corrected chi connectivity index (χ0v) is 11.6. The molecular formula is C16H22N2O. The summed E-state index contributed by atoms with van der Waals surface area (Å²) in [7, 11) is 1.96. The third-order valence-electron chi connectivity index (χ3n) is 4.52. The summed E-state index contributed by atoms with van der Waals surface area (Å²) >= 11 is 0. The van der Waals surface area contributed by atoms with Crippen molar-refractivity contribution in [3.8, 4) is 0 Å². The first-order chi connectivity index (χ1) is 9.27. The SMILES string of the molecule is CN(C(=O)C1CCCCN1)C1CCc2ccccc21. The molecule has 0 bridgehead atoms. The average Bonchev–Trinajstić information content (AvgIpc) is 2.90. The van der Waals surface area contributed by atoms with E-state index in [1.807, 2.05) is 11.9 Å². The van der Waals surface area contributed by atoms with Gasteiger partial charge in [0, 0.05) is 7.05 Å². The quantitative estimate of drug-likeness (QED) is 0.882. The Morgan fingerprint density at radius 2 is 2.11 bits per heavy atom. The molecule has 1 fully saturated rings. The number of benzene rings is 1. The topological polar surface area (TPSA) is 32.3 Å². The maximum Gasteiger partial charge on any atom is 0.239 e. The number of rotatable bonds is 2. The zero-order valence-electron chi connectivity index (χ0n) is 11.6. The molecule has 3 heteroatoms. The standard InChI is InChI=1S/C16H22N2O/c1-18(16(19)14-8-4-5-11-17-14)15-10-9-12-6-2-3-7-13(12)15/h2-3,6-7,14-15,17H,4-5,8-11H2,1H3. The molecule has 102 valence electrons. The third-order valence-corrected chi connectivity index (χ3v) is 4.52. The van der Waals surface area contributed by atoms with Gasteiger partial charge in [-0.2, -0.15) is 0 Å². The van der Waals surface area contributed by atoms with Crippen molar-refractivity contribution in [1.29, 1.82) is 0 Å². The Morgan fingerprint density at radius 3 is 2.89 bits per heavy atom. The molecule has 3 nitrogen and oxygen atoms in total. The minimum Gasteiger partial charge on any atom is -0.337 e. The summed E-state index contributed by atoms with van der Waals surface area (Å²) in [5.41, 5.74) is 2.75. The van der Waals surface area contributed by atoms with Crippen molar-refractivity contribution in [2.45, 2.75) is 44.2 Å². The highest BCUT2D eigenvalue weighted by Gasteiger charge is 2.32. The Bertz CT molecular complexity index is 466.